The van der Waals surface area contributed by atoms with E-state index in [1.54, 1.807) is 6.07 Å². The zero-order valence-corrected chi connectivity index (χ0v) is 14.9. The first-order valence-electron chi connectivity index (χ1n) is 6.73. The Bertz CT molecular complexity index is 839. The molecule has 0 aliphatic rings. The molecule has 0 atom stereocenters. The van der Waals surface area contributed by atoms with E-state index in [-0.39, 0.29) is 28.1 Å². The van der Waals surface area contributed by atoms with E-state index < -0.39 is 10.0 Å². The molecule has 0 fully saturated rings. The van der Waals surface area contributed by atoms with Gasteiger partial charge in [0, 0.05) is 12.1 Å². The Morgan fingerprint density at radius 2 is 1.79 bits per heavy atom. The molecule has 1 amide bonds. The lowest BCUT2D eigenvalue weighted by Gasteiger charge is -2.11. The van der Waals surface area contributed by atoms with Crippen LogP contribution in [0, 0.1) is 0 Å². The SMILES string of the molecule is CNC(=O)COc1ccc(S(=O)(=O)Nc2cc(Cl)ccc2Cl)cc1. The fraction of sp³-hybridized carbons (Fsp3) is 0.133. The quantitative estimate of drug-likeness (QED) is 0.796. The third-order valence-electron chi connectivity index (χ3n) is 2.96. The van der Waals surface area contributed by atoms with Crippen molar-refractivity contribution in [3.05, 3.63) is 52.5 Å². The number of sulfonamides is 1. The van der Waals surface area contributed by atoms with Gasteiger partial charge >= 0.3 is 0 Å². The van der Waals surface area contributed by atoms with Crippen LogP contribution in [0.15, 0.2) is 47.4 Å². The van der Waals surface area contributed by atoms with E-state index in [1.807, 2.05) is 0 Å². The molecule has 0 heterocycles. The van der Waals surface area contributed by atoms with Gasteiger partial charge in [-0.25, -0.2) is 8.42 Å². The summed E-state index contributed by atoms with van der Waals surface area (Å²) in [6.07, 6.45) is 0. The number of carbonyl (C=O) groups excluding carboxylic acids is 1. The van der Waals surface area contributed by atoms with Gasteiger partial charge in [-0.1, -0.05) is 23.2 Å². The van der Waals surface area contributed by atoms with Crippen molar-refractivity contribution in [3.8, 4) is 5.75 Å². The molecule has 2 rings (SSSR count). The number of carbonyl (C=O) groups is 1. The first kappa shape index (κ1) is 18.4. The lowest BCUT2D eigenvalue weighted by molar-refractivity contribution is -0.122. The van der Waals surface area contributed by atoms with Gasteiger partial charge in [-0.2, -0.15) is 0 Å². The molecular formula is C15H14Cl2N2O4S. The Labute approximate surface area is 149 Å². The maximum absolute atomic E-state index is 12.4. The zero-order chi connectivity index (χ0) is 17.7. The van der Waals surface area contributed by atoms with Gasteiger partial charge < -0.3 is 10.1 Å². The van der Waals surface area contributed by atoms with Crippen LogP contribution >= 0.6 is 23.2 Å². The number of rotatable bonds is 6. The highest BCUT2D eigenvalue weighted by Crippen LogP contribution is 2.28. The summed E-state index contributed by atoms with van der Waals surface area (Å²) in [6.45, 7) is -0.154. The molecule has 0 saturated carbocycles. The summed E-state index contributed by atoms with van der Waals surface area (Å²) in [7, 11) is -2.34. The van der Waals surface area contributed by atoms with Crippen molar-refractivity contribution in [2.24, 2.45) is 0 Å². The molecule has 9 heteroatoms. The number of nitrogens with one attached hydrogen (secondary N) is 2. The van der Waals surface area contributed by atoms with Crippen molar-refractivity contribution in [3.63, 3.8) is 0 Å². The molecule has 0 bridgehead atoms. The number of anilines is 1. The number of benzene rings is 2. The van der Waals surface area contributed by atoms with Gasteiger partial charge in [-0.15, -0.1) is 0 Å². The fourth-order valence-electron chi connectivity index (χ4n) is 1.72. The van der Waals surface area contributed by atoms with Gasteiger partial charge in [0.25, 0.3) is 15.9 Å². The molecule has 24 heavy (non-hydrogen) atoms. The molecule has 0 aliphatic carbocycles. The van der Waals surface area contributed by atoms with Crippen LogP contribution in [0.3, 0.4) is 0 Å². The van der Waals surface area contributed by atoms with Crippen molar-refractivity contribution in [2.45, 2.75) is 4.90 Å². The molecule has 0 radical (unpaired) electrons. The van der Waals surface area contributed by atoms with E-state index >= 15 is 0 Å². The number of ether oxygens (including phenoxy) is 1. The number of halogens is 2. The summed E-state index contributed by atoms with van der Waals surface area (Å²) in [5.41, 5.74) is 0.184. The Morgan fingerprint density at radius 3 is 2.42 bits per heavy atom. The Hall–Kier alpha value is -1.96. The summed E-state index contributed by atoms with van der Waals surface area (Å²) in [6, 6.07) is 10.1. The highest BCUT2D eigenvalue weighted by molar-refractivity contribution is 7.92. The number of amides is 1. The first-order valence-corrected chi connectivity index (χ1v) is 8.97. The van der Waals surface area contributed by atoms with Crippen LogP contribution in [-0.4, -0.2) is 28.0 Å². The van der Waals surface area contributed by atoms with E-state index in [0.717, 1.165) is 0 Å². The average Bonchev–Trinajstić information content (AvgIpc) is 2.56. The second-order valence-electron chi connectivity index (χ2n) is 4.66. The summed E-state index contributed by atoms with van der Waals surface area (Å²) in [5.74, 6) is 0.0855. The minimum atomic E-state index is -3.83. The van der Waals surface area contributed by atoms with Crippen molar-refractivity contribution < 1.29 is 17.9 Å². The van der Waals surface area contributed by atoms with E-state index in [1.165, 1.54) is 43.4 Å². The second kappa shape index (κ2) is 7.74. The molecule has 2 aromatic carbocycles. The van der Waals surface area contributed by atoms with Gasteiger partial charge in [0.2, 0.25) is 0 Å². The van der Waals surface area contributed by atoms with Gasteiger partial charge in [0.1, 0.15) is 5.75 Å². The van der Waals surface area contributed by atoms with Crippen LogP contribution in [0.25, 0.3) is 0 Å². The molecular weight excluding hydrogens is 375 g/mol. The van der Waals surface area contributed by atoms with Gasteiger partial charge in [-0.05, 0) is 42.5 Å². The maximum Gasteiger partial charge on any atom is 0.261 e. The minimum Gasteiger partial charge on any atom is -0.484 e. The molecule has 0 saturated heterocycles. The average molecular weight is 389 g/mol. The number of hydrogen-bond donors (Lipinski definition) is 2. The van der Waals surface area contributed by atoms with Gasteiger partial charge in [0.05, 0.1) is 15.6 Å². The van der Waals surface area contributed by atoms with Crippen molar-refractivity contribution >= 4 is 44.8 Å². The zero-order valence-electron chi connectivity index (χ0n) is 12.5. The van der Waals surface area contributed by atoms with Crippen LogP contribution in [0.1, 0.15) is 0 Å². The number of likely N-dealkylation sites (N-methyl/N-ethyl adjacent to an activating group) is 1. The predicted octanol–water partition coefficient (Wildman–Crippen LogP) is 2.92. The highest BCUT2D eigenvalue weighted by Gasteiger charge is 2.16. The Morgan fingerprint density at radius 1 is 1.12 bits per heavy atom. The summed E-state index contributed by atoms with van der Waals surface area (Å²) in [4.78, 5) is 11.1. The van der Waals surface area contributed by atoms with Crippen LogP contribution < -0.4 is 14.8 Å². The molecule has 2 aromatic rings. The third-order valence-corrected chi connectivity index (χ3v) is 4.90. The lowest BCUT2D eigenvalue weighted by atomic mass is 10.3. The standard InChI is InChI=1S/C15H14Cl2N2O4S/c1-18-15(20)9-23-11-3-5-12(6-4-11)24(21,22)19-14-8-10(16)2-7-13(14)17/h2-8,19H,9H2,1H3,(H,18,20). The molecule has 128 valence electrons. The van der Waals surface area contributed by atoms with E-state index in [9.17, 15) is 13.2 Å². The van der Waals surface area contributed by atoms with E-state index in [0.29, 0.717) is 10.8 Å². The highest BCUT2D eigenvalue weighted by atomic mass is 35.5. The molecule has 0 unspecified atom stereocenters. The number of hydrogen-bond acceptors (Lipinski definition) is 4. The normalized spacial score (nSPS) is 11.0. The van der Waals surface area contributed by atoms with Crippen molar-refractivity contribution in [1.29, 1.82) is 0 Å². The molecule has 0 spiro atoms. The first-order chi connectivity index (χ1) is 11.3. The summed E-state index contributed by atoms with van der Waals surface area (Å²) >= 11 is 11.8. The Kier molecular flexibility index (Phi) is 5.93. The fourth-order valence-corrected chi connectivity index (χ4v) is 3.18. The van der Waals surface area contributed by atoms with Crippen LogP contribution in [0.5, 0.6) is 5.75 Å². The predicted molar refractivity (Wildman–Crippen MR) is 93.3 cm³/mol. The monoisotopic (exact) mass is 388 g/mol. The largest absolute Gasteiger partial charge is 0.484 e. The lowest BCUT2D eigenvalue weighted by Crippen LogP contribution is -2.24. The van der Waals surface area contributed by atoms with Crippen molar-refractivity contribution in [1.82, 2.24) is 5.32 Å². The third kappa shape index (κ3) is 4.77. The van der Waals surface area contributed by atoms with Crippen LogP contribution in [0.4, 0.5) is 5.69 Å². The van der Waals surface area contributed by atoms with Crippen molar-refractivity contribution in [2.75, 3.05) is 18.4 Å². The molecule has 2 N–H and O–H groups in total. The molecule has 0 aromatic heterocycles. The van der Waals surface area contributed by atoms with E-state index in [2.05, 4.69) is 10.0 Å². The Balaban J connectivity index is 2.14. The van der Waals surface area contributed by atoms with Crippen LogP contribution in [0.2, 0.25) is 10.0 Å². The van der Waals surface area contributed by atoms with Gasteiger partial charge in [-0.3, -0.25) is 9.52 Å². The minimum absolute atomic E-state index is 0.0193. The van der Waals surface area contributed by atoms with Crippen LogP contribution in [-0.2, 0) is 14.8 Å². The topological polar surface area (TPSA) is 84.5 Å². The van der Waals surface area contributed by atoms with E-state index in [4.69, 9.17) is 27.9 Å². The van der Waals surface area contributed by atoms with Gasteiger partial charge in [0.15, 0.2) is 6.61 Å². The maximum atomic E-state index is 12.4. The molecule has 6 nitrogen and oxygen atoms in total. The molecule has 0 aliphatic heterocycles. The summed E-state index contributed by atoms with van der Waals surface area (Å²) in [5, 5.41) is 3.00. The summed E-state index contributed by atoms with van der Waals surface area (Å²) < 4.78 is 32.3. The smallest absolute Gasteiger partial charge is 0.261 e. The second-order valence-corrected chi connectivity index (χ2v) is 7.19.